The van der Waals surface area contributed by atoms with E-state index in [4.69, 9.17) is 0 Å². The monoisotopic (exact) mass is 311 g/mol. The molecule has 1 N–H and O–H groups in total. The second kappa shape index (κ2) is 6.40. The van der Waals surface area contributed by atoms with E-state index in [-0.39, 0.29) is 5.91 Å². The van der Waals surface area contributed by atoms with Crippen LogP contribution in [0.1, 0.15) is 10.4 Å². The molecule has 7 heteroatoms. The van der Waals surface area contributed by atoms with Gasteiger partial charge in [-0.1, -0.05) is 12.1 Å². The Labute approximate surface area is 131 Å². The maximum Gasteiger partial charge on any atom is 0.257 e. The number of benzene rings is 1. The average Bonchev–Trinajstić information content (AvgIpc) is 3.09. The SMILES string of the molecule is CSc1ccccc1C(=O)Nc1cc(-n2ccnc2)ncn1. The highest BCUT2D eigenvalue weighted by atomic mass is 32.2. The van der Waals surface area contributed by atoms with Gasteiger partial charge < -0.3 is 5.32 Å². The number of nitrogens with one attached hydrogen (secondary N) is 1. The zero-order valence-corrected chi connectivity index (χ0v) is 12.6. The summed E-state index contributed by atoms with van der Waals surface area (Å²) < 4.78 is 1.74. The van der Waals surface area contributed by atoms with Crippen molar-refractivity contribution in [3.63, 3.8) is 0 Å². The van der Waals surface area contributed by atoms with Crippen molar-refractivity contribution < 1.29 is 4.79 Å². The summed E-state index contributed by atoms with van der Waals surface area (Å²) in [7, 11) is 0. The van der Waals surface area contributed by atoms with Crippen LogP contribution in [-0.2, 0) is 0 Å². The van der Waals surface area contributed by atoms with Gasteiger partial charge in [0, 0.05) is 23.4 Å². The summed E-state index contributed by atoms with van der Waals surface area (Å²) >= 11 is 1.53. The van der Waals surface area contributed by atoms with E-state index in [1.807, 2.05) is 24.5 Å². The van der Waals surface area contributed by atoms with Crippen LogP contribution in [0.4, 0.5) is 5.82 Å². The Balaban J connectivity index is 1.84. The molecule has 1 aromatic carbocycles. The number of nitrogens with zero attached hydrogens (tertiary/aromatic N) is 4. The van der Waals surface area contributed by atoms with Gasteiger partial charge in [-0.15, -0.1) is 11.8 Å². The molecule has 0 aliphatic carbocycles. The first-order valence-electron chi connectivity index (χ1n) is 6.52. The summed E-state index contributed by atoms with van der Waals surface area (Å²) in [5, 5.41) is 2.80. The first-order valence-corrected chi connectivity index (χ1v) is 7.75. The van der Waals surface area contributed by atoms with Crippen LogP contribution in [0.5, 0.6) is 0 Å². The van der Waals surface area contributed by atoms with E-state index in [1.165, 1.54) is 18.1 Å². The fourth-order valence-electron chi connectivity index (χ4n) is 1.97. The normalized spacial score (nSPS) is 10.4. The summed E-state index contributed by atoms with van der Waals surface area (Å²) in [5.74, 6) is 0.890. The third-order valence-corrected chi connectivity index (χ3v) is 3.81. The molecule has 0 aliphatic rings. The molecule has 0 saturated heterocycles. The third kappa shape index (κ3) is 2.99. The number of imidazole rings is 1. The average molecular weight is 311 g/mol. The van der Waals surface area contributed by atoms with Crippen molar-refractivity contribution in [2.45, 2.75) is 4.90 Å². The molecular formula is C15H13N5OS. The fourth-order valence-corrected chi connectivity index (χ4v) is 2.56. The number of rotatable bonds is 4. The maximum atomic E-state index is 12.4. The number of hydrogen-bond acceptors (Lipinski definition) is 5. The van der Waals surface area contributed by atoms with Crippen LogP contribution in [0.2, 0.25) is 0 Å². The second-order valence-electron chi connectivity index (χ2n) is 4.39. The summed E-state index contributed by atoms with van der Waals surface area (Å²) in [6.07, 6.45) is 8.42. The van der Waals surface area contributed by atoms with E-state index >= 15 is 0 Å². The summed E-state index contributed by atoms with van der Waals surface area (Å²) in [5.41, 5.74) is 0.623. The molecule has 0 fully saturated rings. The van der Waals surface area contributed by atoms with Crippen molar-refractivity contribution in [2.24, 2.45) is 0 Å². The molecule has 0 atom stereocenters. The Morgan fingerprint density at radius 2 is 2.14 bits per heavy atom. The van der Waals surface area contributed by atoms with Crippen LogP contribution < -0.4 is 5.32 Å². The number of aromatic nitrogens is 4. The van der Waals surface area contributed by atoms with Crippen LogP contribution in [-0.4, -0.2) is 31.7 Å². The standard InChI is InChI=1S/C15H13N5OS/c1-22-12-5-3-2-4-11(12)15(21)19-13-8-14(18-9-17-13)20-7-6-16-10-20/h2-10H,1H3,(H,17,18,19,21). The largest absolute Gasteiger partial charge is 0.306 e. The molecule has 0 unspecified atom stereocenters. The van der Waals surface area contributed by atoms with Crippen molar-refractivity contribution in [1.82, 2.24) is 19.5 Å². The Hall–Kier alpha value is -2.67. The van der Waals surface area contributed by atoms with Crippen LogP contribution in [0.25, 0.3) is 5.82 Å². The van der Waals surface area contributed by atoms with Gasteiger partial charge in [0.05, 0.1) is 5.56 Å². The second-order valence-corrected chi connectivity index (χ2v) is 5.23. The first-order chi connectivity index (χ1) is 10.8. The molecule has 0 spiro atoms. The predicted molar refractivity (Wildman–Crippen MR) is 85.3 cm³/mol. The van der Waals surface area contributed by atoms with Crippen LogP contribution in [0, 0.1) is 0 Å². The van der Waals surface area contributed by atoms with Crippen molar-refractivity contribution in [3.8, 4) is 5.82 Å². The number of amides is 1. The van der Waals surface area contributed by atoms with Crippen molar-refractivity contribution in [1.29, 1.82) is 0 Å². The Morgan fingerprint density at radius 3 is 2.91 bits per heavy atom. The summed E-state index contributed by atoms with van der Waals surface area (Å²) in [6, 6.07) is 9.15. The highest BCUT2D eigenvalue weighted by Crippen LogP contribution is 2.21. The Bertz CT molecular complexity index is 788. The predicted octanol–water partition coefficient (Wildman–Crippen LogP) is 2.64. The van der Waals surface area contributed by atoms with Gasteiger partial charge in [-0.25, -0.2) is 15.0 Å². The van der Waals surface area contributed by atoms with Crippen molar-refractivity contribution in [3.05, 3.63) is 60.9 Å². The zero-order valence-electron chi connectivity index (χ0n) is 11.8. The lowest BCUT2D eigenvalue weighted by Crippen LogP contribution is -2.14. The van der Waals surface area contributed by atoms with Gasteiger partial charge in [0.2, 0.25) is 0 Å². The minimum absolute atomic E-state index is 0.194. The van der Waals surface area contributed by atoms with Crippen molar-refractivity contribution in [2.75, 3.05) is 11.6 Å². The van der Waals surface area contributed by atoms with Crippen LogP contribution in [0.15, 0.2) is 60.3 Å². The van der Waals surface area contributed by atoms with E-state index in [0.29, 0.717) is 17.2 Å². The van der Waals surface area contributed by atoms with E-state index < -0.39 is 0 Å². The quantitative estimate of drug-likeness (QED) is 0.750. The van der Waals surface area contributed by atoms with Crippen LogP contribution >= 0.6 is 11.8 Å². The van der Waals surface area contributed by atoms with E-state index in [9.17, 15) is 4.79 Å². The molecule has 0 saturated carbocycles. The molecule has 0 bridgehead atoms. The van der Waals surface area contributed by atoms with Gasteiger partial charge in [-0.2, -0.15) is 0 Å². The number of carbonyl (C=O) groups excluding carboxylic acids is 1. The Morgan fingerprint density at radius 1 is 1.27 bits per heavy atom. The van der Waals surface area contributed by atoms with Gasteiger partial charge in [-0.05, 0) is 18.4 Å². The molecule has 2 aromatic heterocycles. The Kier molecular flexibility index (Phi) is 4.15. The molecule has 6 nitrogen and oxygen atoms in total. The molecule has 110 valence electrons. The zero-order chi connectivity index (χ0) is 15.4. The molecular weight excluding hydrogens is 298 g/mol. The number of anilines is 1. The lowest BCUT2D eigenvalue weighted by molar-refractivity contribution is 0.102. The number of thioether (sulfide) groups is 1. The molecule has 0 radical (unpaired) electrons. The molecule has 2 heterocycles. The minimum atomic E-state index is -0.194. The van der Waals surface area contributed by atoms with E-state index in [0.717, 1.165) is 4.90 Å². The lowest BCUT2D eigenvalue weighted by Gasteiger charge is -2.08. The lowest BCUT2D eigenvalue weighted by atomic mass is 10.2. The molecule has 1 amide bonds. The molecule has 3 rings (SSSR count). The maximum absolute atomic E-state index is 12.4. The number of carbonyl (C=O) groups is 1. The molecule has 0 aliphatic heterocycles. The van der Waals surface area contributed by atoms with Crippen LogP contribution in [0.3, 0.4) is 0 Å². The third-order valence-electron chi connectivity index (χ3n) is 3.01. The van der Waals surface area contributed by atoms with E-state index in [2.05, 4.69) is 20.3 Å². The minimum Gasteiger partial charge on any atom is -0.306 e. The smallest absolute Gasteiger partial charge is 0.257 e. The van der Waals surface area contributed by atoms with E-state index in [1.54, 1.807) is 35.4 Å². The van der Waals surface area contributed by atoms with Gasteiger partial charge >= 0.3 is 0 Å². The molecule has 3 aromatic rings. The van der Waals surface area contributed by atoms with Crippen molar-refractivity contribution >= 4 is 23.5 Å². The fraction of sp³-hybridized carbons (Fsp3) is 0.0667. The van der Waals surface area contributed by atoms with Gasteiger partial charge in [0.25, 0.3) is 5.91 Å². The number of hydrogen-bond donors (Lipinski definition) is 1. The highest BCUT2D eigenvalue weighted by molar-refractivity contribution is 7.98. The summed E-state index contributed by atoms with van der Waals surface area (Å²) in [6.45, 7) is 0. The van der Waals surface area contributed by atoms with Gasteiger partial charge in [-0.3, -0.25) is 9.36 Å². The van der Waals surface area contributed by atoms with Gasteiger partial charge in [0.15, 0.2) is 0 Å². The van der Waals surface area contributed by atoms with Gasteiger partial charge in [0.1, 0.15) is 24.3 Å². The first kappa shape index (κ1) is 14.3. The summed E-state index contributed by atoms with van der Waals surface area (Å²) in [4.78, 5) is 25.5. The molecule has 22 heavy (non-hydrogen) atoms. The highest BCUT2D eigenvalue weighted by Gasteiger charge is 2.11. The topological polar surface area (TPSA) is 72.7 Å².